The van der Waals surface area contributed by atoms with Crippen molar-refractivity contribution in [2.75, 3.05) is 22.2 Å². The van der Waals surface area contributed by atoms with Gasteiger partial charge in [0.25, 0.3) is 0 Å². The fourth-order valence-corrected chi connectivity index (χ4v) is 5.28. The first kappa shape index (κ1) is 19.3. The van der Waals surface area contributed by atoms with Crippen LogP contribution in [0.3, 0.4) is 0 Å². The highest BCUT2D eigenvalue weighted by Gasteiger charge is 2.41. The van der Waals surface area contributed by atoms with Gasteiger partial charge < -0.3 is 5.32 Å². The van der Waals surface area contributed by atoms with Crippen molar-refractivity contribution in [2.24, 2.45) is 0 Å². The Morgan fingerprint density at radius 2 is 1.73 bits per heavy atom. The summed E-state index contributed by atoms with van der Waals surface area (Å²) in [6, 6.07) is 15.3. The lowest BCUT2D eigenvalue weighted by Gasteiger charge is -2.44. The monoisotopic (exact) mass is 395 g/mol. The second-order valence-corrected chi connectivity index (χ2v) is 8.61. The van der Waals surface area contributed by atoms with Gasteiger partial charge in [-0.1, -0.05) is 30.7 Å². The molecule has 0 aromatic heterocycles. The van der Waals surface area contributed by atoms with Crippen molar-refractivity contribution in [3.63, 3.8) is 0 Å². The van der Waals surface area contributed by atoms with E-state index in [2.05, 4.69) is 12.2 Å². The number of fused-ring (bicyclic) bond motifs is 1. The van der Waals surface area contributed by atoms with Gasteiger partial charge in [0.15, 0.2) is 0 Å². The second kappa shape index (κ2) is 8.06. The molecule has 26 heavy (non-hydrogen) atoms. The average molecular weight is 396 g/mol. The van der Waals surface area contributed by atoms with Gasteiger partial charge in [0.1, 0.15) is 0 Å². The molecule has 2 aromatic carbocycles. The first-order valence-electron chi connectivity index (χ1n) is 8.87. The Labute approximate surface area is 162 Å². The van der Waals surface area contributed by atoms with E-state index in [0.29, 0.717) is 23.3 Å². The molecule has 0 amide bonds. The van der Waals surface area contributed by atoms with Crippen LogP contribution >= 0.6 is 22.6 Å². The lowest BCUT2D eigenvalue weighted by Crippen LogP contribution is -2.33. The van der Waals surface area contributed by atoms with Gasteiger partial charge >= 0.3 is 0 Å². The SMILES string of the molecule is CCC(CCCN1c2ccccc2N(c2ccc(Cl)cc2)S1(O)O)NC. The van der Waals surface area contributed by atoms with Crippen LogP contribution in [0.15, 0.2) is 48.5 Å². The maximum Gasteiger partial charge on any atom is 0.0896 e. The van der Waals surface area contributed by atoms with E-state index in [4.69, 9.17) is 11.6 Å². The number of nitrogens with one attached hydrogen (secondary N) is 1. The second-order valence-electron chi connectivity index (χ2n) is 6.39. The van der Waals surface area contributed by atoms with Crippen molar-refractivity contribution in [3.8, 4) is 0 Å². The zero-order valence-electron chi connectivity index (χ0n) is 15.1. The fraction of sp³-hybridized carbons (Fsp3) is 0.368. The Balaban J connectivity index is 1.88. The molecular formula is C19H26ClN3O2S. The Bertz CT molecular complexity index is 738. The molecule has 1 heterocycles. The third kappa shape index (κ3) is 3.66. The summed E-state index contributed by atoms with van der Waals surface area (Å²) in [5.74, 6) is 0. The molecule has 3 N–H and O–H groups in total. The number of para-hydroxylation sites is 2. The minimum absolute atomic E-state index is 0.446. The Hall–Kier alpha value is -1.44. The number of halogens is 1. The molecule has 2 aromatic rings. The van der Waals surface area contributed by atoms with E-state index < -0.39 is 11.0 Å². The van der Waals surface area contributed by atoms with E-state index in [-0.39, 0.29) is 0 Å². The number of anilines is 3. The summed E-state index contributed by atoms with van der Waals surface area (Å²) in [5, 5.41) is 3.92. The molecule has 1 aliphatic heterocycles. The van der Waals surface area contributed by atoms with Gasteiger partial charge in [-0.25, -0.2) is 4.31 Å². The van der Waals surface area contributed by atoms with Crippen LogP contribution in [-0.2, 0) is 0 Å². The first-order chi connectivity index (χ1) is 12.5. The Kier molecular flexibility index (Phi) is 5.99. The summed E-state index contributed by atoms with van der Waals surface area (Å²) in [6.45, 7) is 2.74. The highest BCUT2D eigenvalue weighted by atomic mass is 35.5. The normalized spacial score (nSPS) is 17.9. The summed E-state index contributed by atoms with van der Waals surface area (Å²) < 4.78 is 25.5. The summed E-state index contributed by atoms with van der Waals surface area (Å²) in [6.07, 6.45) is 2.92. The molecule has 0 radical (unpaired) electrons. The molecule has 0 saturated heterocycles. The lowest BCUT2D eigenvalue weighted by molar-refractivity contribution is 0.472. The molecule has 1 aliphatic rings. The Morgan fingerprint density at radius 3 is 2.35 bits per heavy atom. The van der Waals surface area contributed by atoms with Gasteiger partial charge in [0, 0.05) is 17.6 Å². The van der Waals surface area contributed by atoms with Crippen LogP contribution < -0.4 is 13.9 Å². The average Bonchev–Trinajstić information content (AvgIpc) is 2.86. The molecule has 3 rings (SSSR count). The summed E-state index contributed by atoms with van der Waals surface area (Å²) >= 11 is 5.99. The number of nitrogens with zero attached hydrogens (tertiary/aromatic N) is 2. The van der Waals surface area contributed by atoms with E-state index in [1.807, 2.05) is 43.4 Å². The summed E-state index contributed by atoms with van der Waals surface area (Å²) in [7, 11) is -1.19. The quantitative estimate of drug-likeness (QED) is 0.564. The summed E-state index contributed by atoms with van der Waals surface area (Å²) in [5.41, 5.74) is 2.36. The van der Waals surface area contributed by atoms with Gasteiger partial charge in [-0.05, 0) is 73.7 Å². The molecule has 0 spiro atoms. The smallest absolute Gasteiger partial charge is 0.0896 e. The van der Waals surface area contributed by atoms with Crippen molar-refractivity contribution < 1.29 is 9.11 Å². The molecule has 1 unspecified atom stereocenters. The zero-order valence-corrected chi connectivity index (χ0v) is 16.7. The van der Waals surface area contributed by atoms with Gasteiger partial charge in [0.05, 0.1) is 17.1 Å². The van der Waals surface area contributed by atoms with E-state index in [1.165, 1.54) is 0 Å². The molecule has 7 heteroatoms. The highest BCUT2D eigenvalue weighted by Crippen LogP contribution is 2.64. The largest absolute Gasteiger partial charge is 0.317 e. The summed E-state index contributed by atoms with van der Waals surface area (Å²) in [4.78, 5) is 0. The van der Waals surface area contributed by atoms with Crippen molar-refractivity contribution in [1.29, 1.82) is 0 Å². The third-order valence-corrected chi connectivity index (χ3v) is 6.91. The maximum absolute atomic E-state index is 11.1. The van der Waals surface area contributed by atoms with Crippen molar-refractivity contribution in [1.82, 2.24) is 5.32 Å². The van der Waals surface area contributed by atoms with Crippen LogP contribution in [0.1, 0.15) is 26.2 Å². The van der Waals surface area contributed by atoms with Crippen LogP contribution in [0.25, 0.3) is 0 Å². The Morgan fingerprint density at radius 1 is 1.08 bits per heavy atom. The van der Waals surface area contributed by atoms with E-state index in [1.54, 1.807) is 20.7 Å². The van der Waals surface area contributed by atoms with Crippen LogP contribution in [0.4, 0.5) is 17.1 Å². The van der Waals surface area contributed by atoms with Gasteiger partial charge in [-0.2, -0.15) is 0 Å². The molecule has 5 nitrogen and oxygen atoms in total. The fourth-order valence-electron chi connectivity index (χ4n) is 3.34. The van der Waals surface area contributed by atoms with Gasteiger partial charge in [-0.15, -0.1) is 0 Å². The van der Waals surface area contributed by atoms with Crippen LogP contribution in [0.2, 0.25) is 5.02 Å². The predicted molar refractivity (Wildman–Crippen MR) is 113 cm³/mol. The number of hydrogen-bond donors (Lipinski definition) is 3. The molecule has 0 aliphatic carbocycles. The number of benzene rings is 2. The van der Waals surface area contributed by atoms with E-state index >= 15 is 0 Å². The maximum atomic E-state index is 11.1. The number of hydrogen-bond acceptors (Lipinski definition) is 5. The molecular weight excluding hydrogens is 370 g/mol. The van der Waals surface area contributed by atoms with Crippen molar-refractivity contribution >= 4 is 39.6 Å². The molecule has 0 bridgehead atoms. The zero-order chi connectivity index (χ0) is 18.7. The van der Waals surface area contributed by atoms with Gasteiger partial charge in [0.2, 0.25) is 0 Å². The third-order valence-electron chi connectivity index (χ3n) is 4.79. The molecule has 1 atom stereocenters. The molecule has 0 fully saturated rings. The highest BCUT2D eigenvalue weighted by molar-refractivity contribution is 8.27. The van der Waals surface area contributed by atoms with Crippen LogP contribution in [0, 0.1) is 0 Å². The minimum atomic E-state index is -3.16. The predicted octanol–water partition coefficient (Wildman–Crippen LogP) is 5.66. The van der Waals surface area contributed by atoms with Gasteiger partial charge in [-0.3, -0.25) is 13.4 Å². The molecule has 142 valence electrons. The number of rotatable bonds is 7. The van der Waals surface area contributed by atoms with Crippen LogP contribution in [-0.4, -0.2) is 28.7 Å². The first-order valence-corrected chi connectivity index (χ1v) is 10.7. The van der Waals surface area contributed by atoms with E-state index in [0.717, 1.165) is 30.6 Å². The van der Waals surface area contributed by atoms with Crippen LogP contribution in [0.5, 0.6) is 0 Å². The molecule has 0 saturated carbocycles. The topological polar surface area (TPSA) is 59.0 Å². The van der Waals surface area contributed by atoms with E-state index in [9.17, 15) is 9.11 Å². The van der Waals surface area contributed by atoms with Crippen molar-refractivity contribution in [2.45, 2.75) is 32.2 Å². The van der Waals surface area contributed by atoms with Crippen molar-refractivity contribution in [3.05, 3.63) is 53.6 Å². The standard InChI is InChI=1S/C19H26ClN3O2S/c1-3-16(21-2)7-6-14-22-18-8-4-5-9-19(18)23(26(22,24)25)17-12-10-15(20)11-13-17/h4-5,8-13,16,21,24-25H,3,6-7,14H2,1-2H3. The lowest BCUT2D eigenvalue weighted by atomic mass is 10.1. The minimum Gasteiger partial charge on any atom is -0.317 e.